The van der Waals surface area contributed by atoms with Crippen molar-refractivity contribution in [1.82, 2.24) is 15.1 Å². The average molecular weight is 526 g/mol. The highest BCUT2D eigenvalue weighted by atomic mass is 127. The molecule has 0 spiro atoms. The van der Waals surface area contributed by atoms with Crippen LogP contribution in [-0.4, -0.2) is 93.6 Å². The van der Waals surface area contributed by atoms with E-state index in [1.165, 1.54) is 0 Å². The van der Waals surface area contributed by atoms with Gasteiger partial charge in [-0.05, 0) is 25.2 Å². The zero-order valence-electron chi connectivity index (χ0n) is 16.2. The molecule has 0 radical (unpaired) electrons. The Morgan fingerprint density at radius 2 is 1.93 bits per heavy atom. The molecular weight excluding hydrogens is 495 g/mol. The zero-order valence-corrected chi connectivity index (χ0v) is 19.4. The van der Waals surface area contributed by atoms with Gasteiger partial charge in [-0.15, -0.1) is 30.6 Å². The molecule has 0 bridgehead atoms. The molecule has 10 heteroatoms. The molecule has 28 heavy (non-hydrogen) atoms. The average Bonchev–Trinajstić information content (AvgIpc) is 3.31. The first kappa shape index (κ1) is 23.4. The van der Waals surface area contributed by atoms with Crippen LogP contribution in [0, 0.1) is 5.92 Å². The summed E-state index contributed by atoms with van der Waals surface area (Å²) in [6.45, 7) is 8.20. The van der Waals surface area contributed by atoms with Crippen LogP contribution in [0.15, 0.2) is 17.6 Å². The number of amides is 1. The number of hydrogen-bond donors (Lipinski definition) is 1. The first-order valence-electron chi connectivity index (χ1n) is 9.73. The monoisotopic (exact) mass is 526 g/mol. The largest absolute Gasteiger partial charge is 0.368 e. The molecule has 0 aromatic heterocycles. The minimum Gasteiger partial charge on any atom is -0.368 e. The van der Waals surface area contributed by atoms with Crippen molar-refractivity contribution in [3.05, 3.63) is 12.7 Å². The predicted molar refractivity (Wildman–Crippen MR) is 120 cm³/mol. The molecule has 8 nitrogen and oxygen atoms in total. The van der Waals surface area contributed by atoms with E-state index in [-0.39, 0.29) is 53.4 Å². The number of rotatable bonds is 5. The second-order valence-electron chi connectivity index (χ2n) is 7.42. The number of halogens is 1. The van der Waals surface area contributed by atoms with Crippen LogP contribution in [0.1, 0.15) is 19.3 Å². The molecule has 0 aliphatic carbocycles. The zero-order chi connectivity index (χ0) is 19.3. The summed E-state index contributed by atoms with van der Waals surface area (Å²) in [6, 6.07) is 0. The summed E-state index contributed by atoms with van der Waals surface area (Å²) in [6.07, 6.45) is 3.96. The topological polar surface area (TPSA) is 91.3 Å². The van der Waals surface area contributed by atoms with Crippen molar-refractivity contribution in [1.29, 1.82) is 0 Å². The summed E-state index contributed by atoms with van der Waals surface area (Å²) >= 11 is 0. The highest BCUT2D eigenvalue weighted by Crippen LogP contribution is 2.19. The lowest BCUT2D eigenvalue weighted by molar-refractivity contribution is -0.142. The second-order valence-corrected chi connectivity index (χ2v) is 9.65. The lowest BCUT2D eigenvalue weighted by Crippen LogP contribution is -2.55. The summed E-state index contributed by atoms with van der Waals surface area (Å²) in [4.78, 5) is 21.2. The molecule has 3 aliphatic heterocycles. The van der Waals surface area contributed by atoms with Gasteiger partial charge in [-0.25, -0.2) is 8.42 Å². The van der Waals surface area contributed by atoms with Crippen molar-refractivity contribution >= 4 is 45.7 Å². The minimum absolute atomic E-state index is 0. The summed E-state index contributed by atoms with van der Waals surface area (Å²) in [7, 11) is -2.89. The molecule has 0 saturated carbocycles. The fraction of sp³-hybridized carbons (Fsp3) is 0.778. The SMILES string of the molecule is C=CCNC(=NCC1CCS(=O)(=O)C1)N1CCN(C(=O)C2CCCO2)CC1.I. The number of nitrogens with zero attached hydrogens (tertiary/aromatic N) is 3. The fourth-order valence-corrected chi connectivity index (χ4v) is 5.63. The van der Waals surface area contributed by atoms with Crippen LogP contribution in [0.4, 0.5) is 0 Å². The van der Waals surface area contributed by atoms with E-state index in [0.717, 1.165) is 18.8 Å². The normalized spacial score (nSPS) is 27.4. The van der Waals surface area contributed by atoms with Gasteiger partial charge in [0, 0.05) is 45.9 Å². The van der Waals surface area contributed by atoms with Gasteiger partial charge in [0.1, 0.15) is 6.10 Å². The maximum atomic E-state index is 12.5. The van der Waals surface area contributed by atoms with E-state index in [1.54, 1.807) is 6.08 Å². The Morgan fingerprint density at radius 1 is 1.21 bits per heavy atom. The Hall–Kier alpha value is -0.880. The van der Waals surface area contributed by atoms with E-state index < -0.39 is 9.84 Å². The van der Waals surface area contributed by atoms with Gasteiger partial charge in [0.25, 0.3) is 5.91 Å². The number of sulfone groups is 1. The maximum absolute atomic E-state index is 12.5. The molecule has 0 aromatic rings. The Labute approximate surface area is 184 Å². The smallest absolute Gasteiger partial charge is 0.251 e. The molecule has 0 aromatic carbocycles. The van der Waals surface area contributed by atoms with E-state index in [1.807, 2.05) is 4.90 Å². The maximum Gasteiger partial charge on any atom is 0.251 e. The Morgan fingerprint density at radius 3 is 2.50 bits per heavy atom. The van der Waals surface area contributed by atoms with Crippen LogP contribution in [0.25, 0.3) is 0 Å². The molecule has 3 fully saturated rings. The summed E-state index contributed by atoms with van der Waals surface area (Å²) < 4.78 is 28.8. The van der Waals surface area contributed by atoms with Crippen LogP contribution in [0.2, 0.25) is 0 Å². The first-order valence-corrected chi connectivity index (χ1v) is 11.6. The van der Waals surface area contributed by atoms with Crippen LogP contribution in [0.3, 0.4) is 0 Å². The lowest BCUT2D eigenvalue weighted by atomic mass is 10.1. The van der Waals surface area contributed by atoms with Crippen LogP contribution >= 0.6 is 24.0 Å². The molecular formula is C18H31IN4O4S. The van der Waals surface area contributed by atoms with Crippen LogP contribution in [-0.2, 0) is 19.4 Å². The molecule has 2 atom stereocenters. The number of aliphatic imine (C=N–C) groups is 1. The lowest BCUT2D eigenvalue weighted by Gasteiger charge is -2.37. The number of hydrogen-bond acceptors (Lipinski definition) is 5. The standard InChI is InChI=1S/C18H30N4O4S.HI/c1-2-6-19-18(20-13-15-5-12-27(24,25)14-15)22-9-7-21(8-10-22)17(23)16-4-3-11-26-16;/h2,15-16H,1,3-14H2,(H,19,20);1H. The van der Waals surface area contributed by atoms with Crippen molar-refractivity contribution in [2.75, 3.05) is 57.4 Å². The van der Waals surface area contributed by atoms with Gasteiger partial charge >= 0.3 is 0 Å². The van der Waals surface area contributed by atoms with Crippen LogP contribution < -0.4 is 5.32 Å². The number of nitrogens with one attached hydrogen (secondary N) is 1. The van der Waals surface area contributed by atoms with Gasteiger partial charge in [0.05, 0.1) is 11.5 Å². The molecule has 2 unspecified atom stereocenters. The molecule has 3 aliphatic rings. The molecule has 160 valence electrons. The summed E-state index contributed by atoms with van der Waals surface area (Å²) in [5.74, 6) is 1.46. The number of carbonyl (C=O) groups is 1. The Kier molecular flexibility index (Phi) is 9.00. The van der Waals surface area contributed by atoms with Gasteiger partial charge < -0.3 is 19.9 Å². The van der Waals surface area contributed by atoms with E-state index in [9.17, 15) is 13.2 Å². The fourth-order valence-electron chi connectivity index (χ4n) is 3.78. The van der Waals surface area contributed by atoms with Crippen molar-refractivity contribution < 1.29 is 17.9 Å². The molecule has 1 N–H and O–H groups in total. The highest BCUT2D eigenvalue weighted by molar-refractivity contribution is 14.0. The minimum atomic E-state index is -2.89. The Bertz CT molecular complexity index is 671. The second kappa shape index (κ2) is 10.8. The van der Waals surface area contributed by atoms with Crippen molar-refractivity contribution in [3.63, 3.8) is 0 Å². The first-order chi connectivity index (χ1) is 13.0. The van der Waals surface area contributed by atoms with E-state index in [0.29, 0.717) is 52.3 Å². The molecule has 3 rings (SSSR count). The third-order valence-corrected chi connectivity index (χ3v) is 7.16. The van der Waals surface area contributed by atoms with Crippen LogP contribution in [0.5, 0.6) is 0 Å². The number of ether oxygens (including phenoxy) is 1. The molecule has 3 saturated heterocycles. The van der Waals surface area contributed by atoms with Crippen molar-refractivity contribution in [2.45, 2.75) is 25.4 Å². The van der Waals surface area contributed by atoms with Crippen molar-refractivity contribution in [3.8, 4) is 0 Å². The Balaban J connectivity index is 0.00000280. The van der Waals surface area contributed by atoms with E-state index in [4.69, 9.17) is 4.74 Å². The van der Waals surface area contributed by atoms with Gasteiger partial charge in [-0.3, -0.25) is 9.79 Å². The molecule has 3 heterocycles. The van der Waals surface area contributed by atoms with E-state index >= 15 is 0 Å². The summed E-state index contributed by atoms with van der Waals surface area (Å²) in [5.41, 5.74) is 0. The highest BCUT2D eigenvalue weighted by Gasteiger charge is 2.31. The third kappa shape index (κ3) is 6.31. The molecule has 1 amide bonds. The van der Waals surface area contributed by atoms with Crippen molar-refractivity contribution in [2.24, 2.45) is 10.9 Å². The number of piperazine rings is 1. The third-order valence-electron chi connectivity index (χ3n) is 5.33. The summed E-state index contributed by atoms with van der Waals surface area (Å²) in [5, 5.41) is 3.26. The van der Waals surface area contributed by atoms with Gasteiger partial charge in [0.2, 0.25) is 0 Å². The van der Waals surface area contributed by atoms with Gasteiger partial charge in [-0.1, -0.05) is 6.08 Å². The number of carbonyl (C=O) groups excluding carboxylic acids is 1. The predicted octanol–water partition coefficient (Wildman–Crippen LogP) is 0.494. The van der Waals surface area contributed by atoms with Gasteiger partial charge in [0.15, 0.2) is 15.8 Å². The van der Waals surface area contributed by atoms with Gasteiger partial charge in [-0.2, -0.15) is 0 Å². The van der Waals surface area contributed by atoms with E-state index in [2.05, 4.69) is 21.8 Å². The number of guanidine groups is 1. The quantitative estimate of drug-likeness (QED) is 0.243.